The topological polar surface area (TPSA) is 154 Å². The highest BCUT2D eigenvalue weighted by Gasteiger charge is 2.72. The molecular weight excluding hydrogens is 564 g/mol. The normalized spacial score (nSPS) is 53.3. The van der Waals surface area contributed by atoms with E-state index in [1.54, 1.807) is 6.92 Å². The highest BCUT2D eigenvalue weighted by molar-refractivity contribution is 6.04. The summed E-state index contributed by atoms with van der Waals surface area (Å²) in [6.45, 7) is 12.9. The molecule has 0 spiro atoms. The van der Waals surface area contributed by atoms with Crippen molar-refractivity contribution in [1.29, 1.82) is 0 Å². The van der Waals surface area contributed by atoms with Gasteiger partial charge in [-0.1, -0.05) is 46.3 Å². The lowest BCUT2D eigenvalue weighted by Gasteiger charge is -2.71. The highest BCUT2D eigenvalue weighted by atomic mass is 16.7. The SMILES string of the molecule is CC1(C)CC[C@]2(CO)CC[C@]3(C)C(=CC[C@@H]4[C@@]5(C)CCC(=O)[C@@](C)(C(=O)O[C@@H]6OC[C@H](O)[C@H](O)[C@H]6O)[C@@H]5[C@H](O)C[C@]43C)[C@@H]2C1. The Kier molecular flexibility index (Phi) is 7.64. The number of ether oxygens (including phenoxy) is 2. The zero-order chi connectivity index (χ0) is 32.3. The first-order valence-corrected chi connectivity index (χ1v) is 16.8. The van der Waals surface area contributed by atoms with Gasteiger partial charge in [0.25, 0.3) is 0 Å². The van der Waals surface area contributed by atoms with E-state index in [1.807, 2.05) is 0 Å². The van der Waals surface area contributed by atoms with Gasteiger partial charge in [-0.2, -0.15) is 0 Å². The van der Waals surface area contributed by atoms with Crippen LogP contribution in [-0.2, 0) is 19.1 Å². The van der Waals surface area contributed by atoms with Gasteiger partial charge >= 0.3 is 5.97 Å². The minimum atomic E-state index is -1.67. The summed E-state index contributed by atoms with van der Waals surface area (Å²) in [6.07, 6.45) is 2.42. The standard InChI is InChI=1S/C35H54O9/c1-30(2)11-13-35(18-36)14-12-32(4)19(20(35)15-30)7-8-23-31(3)10-9-24(39)34(6,27(31)21(37)16-33(23,32)5)29(42)44-28-26(41)25(40)22(38)17-43-28/h7,20-23,25-28,36-38,40-41H,8-18H2,1-6H3/t20-,21+,22-,23+,25-,26+,27+,28-,31+,32+,33+,34+,35+/m0/s1. The second-order valence-corrected chi connectivity index (χ2v) is 17.2. The minimum Gasteiger partial charge on any atom is -0.432 e. The third kappa shape index (κ3) is 4.25. The van der Waals surface area contributed by atoms with E-state index >= 15 is 0 Å². The number of fused-ring (bicyclic) bond motifs is 7. The summed E-state index contributed by atoms with van der Waals surface area (Å²) in [5.74, 6) is -1.48. The first kappa shape index (κ1) is 32.6. The number of carbonyl (C=O) groups is 2. The van der Waals surface area contributed by atoms with Gasteiger partial charge in [0, 0.05) is 24.4 Å². The number of rotatable bonds is 3. The third-order valence-electron chi connectivity index (χ3n) is 14.6. The predicted molar refractivity (Wildman–Crippen MR) is 161 cm³/mol. The minimum absolute atomic E-state index is 0.0985. The quantitative estimate of drug-likeness (QED) is 0.182. The molecule has 5 fully saturated rings. The fourth-order valence-electron chi connectivity index (χ4n) is 11.7. The van der Waals surface area contributed by atoms with Crippen LogP contribution < -0.4 is 0 Å². The van der Waals surface area contributed by atoms with Crippen LogP contribution in [0.5, 0.6) is 0 Å². The summed E-state index contributed by atoms with van der Waals surface area (Å²) in [5, 5.41) is 53.3. The maximum absolute atomic E-state index is 14.0. The number of aliphatic hydroxyl groups is 5. The summed E-state index contributed by atoms with van der Waals surface area (Å²) in [4.78, 5) is 27.7. The second-order valence-electron chi connectivity index (χ2n) is 17.2. The van der Waals surface area contributed by atoms with Gasteiger partial charge in [-0.15, -0.1) is 0 Å². The van der Waals surface area contributed by atoms with E-state index in [-0.39, 0.29) is 53.0 Å². The molecule has 0 radical (unpaired) electrons. The van der Waals surface area contributed by atoms with Crippen molar-refractivity contribution < 1.29 is 44.6 Å². The molecule has 248 valence electrons. The lowest BCUT2D eigenvalue weighted by molar-refractivity contribution is -0.273. The number of ketones is 1. The Morgan fingerprint density at radius 2 is 1.61 bits per heavy atom. The van der Waals surface area contributed by atoms with Gasteiger partial charge in [-0.25, -0.2) is 0 Å². The first-order valence-electron chi connectivity index (χ1n) is 16.8. The van der Waals surface area contributed by atoms with Crippen molar-refractivity contribution >= 4 is 11.8 Å². The van der Waals surface area contributed by atoms with E-state index in [0.29, 0.717) is 18.8 Å². The van der Waals surface area contributed by atoms with Crippen LogP contribution in [0.1, 0.15) is 99.3 Å². The molecule has 0 unspecified atom stereocenters. The average Bonchev–Trinajstić information content (AvgIpc) is 2.95. The molecule has 0 amide bonds. The second kappa shape index (κ2) is 10.3. The number of hydrogen-bond donors (Lipinski definition) is 5. The Labute approximate surface area is 261 Å². The van der Waals surface area contributed by atoms with Crippen molar-refractivity contribution in [1.82, 2.24) is 0 Å². The Balaban J connectivity index is 1.36. The summed E-state index contributed by atoms with van der Waals surface area (Å²) < 4.78 is 10.9. The maximum Gasteiger partial charge on any atom is 0.322 e. The Morgan fingerprint density at radius 1 is 0.932 bits per heavy atom. The fraction of sp³-hybridized carbons (Fsp3) is 0.886. The number of esters is 1. The Morgan fingerprint density at radius 3 is 2.30 bits per heavy atom. The monoisotopic (exact) mass is 618 g/mol. The van der Waals surface area contributed by atoms with Crippen LogP contribution in [0.15, 0.2) is 11.6 Å². The summed E-state index contributed by atoms with van der Waals surface area (Å²) in [5.41, 5.74) is -1.18. The number of carbonyl (C=O) groups excluding carboxylic acids is 2. The smallest absolute Gasteiger partial charge is 0.322 e. The molecule has 0 bridgehead atoms. The average molecular weight is 619 g/mol. The van der Waals surface area contributed by atoms with Crippen molar-refractivity contribution in [2.45, 2.75) is 130 Å². The molecule has 5 N–H and O–H groups in total. The van der Waals surface area contributed by atoms with E-state index < -0.39 is 53.4 Å². The summed E-state index contributed by atoms with van der Waals surface area (Å²) in [7, 11) is 0. The molecule has 9 heteroatoms. The number of hydrogen-bond acceptors (Lipinski definition) is 9. The predicted octanol–water partition coefficient (Wildman–Crippen LogP) is 3.28. The first-order chi connectivity index (χ1) is 20.4. The molecule has 6 aliphatic rings. The van der Waals surface area contributed by atoms with Crippen molar-refractivity contribution in [2.75, 3.05) is 13.2 Å². The highest BCUT2D eigenvalue weighted by Crippen LogP contribution is 2.75. The van der Waals surface area contributed by atoms with Crippen molar-refractivity contribution in [3.63, 3.8) is 0 Å². The zero-order valence-electron chi connectivity index (χ0n) is 27.3. The number of aliphatic hydroxyl groups excluding tert-OH is 5. The molecule has 1 saturated heterocycles. The van der Waals surface area contributed by atoms with Crippen LogP contribution in [0, 0.1) is 50.2 Å². The van der Waals surface area contributed by atoms with Crippen LogP contribution in [0.3, 0.4) is 0 Å². The van der Waals surface area contributed by atoms with Gasteiger partial charge in [0.1, 0.15) is 29.5 Å². The summed E-state index contributed by atoms with van der Waals surface area (Å²) in [6, 6.07) is 0. The van der Waals surface area contributed by atoms with E-state index in [2.05, 4.69) is 40.7 Å². The van der Waals surface area contributed by atoms with Crippen LogP contribution >= 0.6 is 0 Å². The van der Waals surface area contributed by atoms with Gasteiger partial charge < -0.3 is 35.0 Å². The van der Waals surface area contributed by atoms with Gasteiger partial charge in [-0.05, 0) is 91.8 Å². The zero-order valence-corrected chi connectivity index (χ0v) is 27.3. The molecular formula is C35H54O9. The van der Waals surface area contributed by atoms with Gasteiger partial charge in [0.15, 0.2) is 0 Å². The molecule has 0 aromatic heterocycles. The van der Waals surface area contributed by atoms with Crippen LogP contribution in [0.2, 0.25) is 0 Å². The Bertz CT molecular complexity index is 1230. The third-order valence-corrected chi connectivity index (χ3v) is 14.6. The largest absolute Gasteiger partial charge is 0.432 e. The molecule has 5 aliphatic carbocycles. The fourth-order valence-corrected chi connectivity index (χ4v) is 11.7. The van der Waals surface area contributed by atoms with E-state index in [0.717, 1.165) is 38.5 Å². The van der Waals surface area contributed by atoms with Gasteiger partial charge in [-0.3, -0.25) is 9.59 Å². The lowest BCUT2D eigenvalue weighted by atomic mass is 9.33. The van der Waals surface area contributed by atoms with Crippen molar-refractivity contribution in [2.24, 2.45) is 50.2 Å². The summed E-state index contributed by atoms with van der Waals surface area (Å²) >= 11 is 0. The molecule has 9 nitrogen and oxygen atoms in total. The maximum atomic E-state index is 14.0. The number of allylic oxidation sites excluding steroid dienone is 2. The van der Waals surface area contributed by atoms with Gasteiger partial charge in [0.2, 0.25) is 6.29 Å². The molecule has 13 atom stereocenters. The van der Waals surface area contributed by atoms with Crippen LogP contribution in [0.4, 0.5) is 0 Å². The molecule has 4 saturated carbocycles. The van der Waals surface area contributed by atoms with E-state index in [1.165, 1.54) is 5.57 Å². The van der Waals surface area contributed by atoms with Crippen molar-refractivity contribution in [3.8, 4) is 0 Å². The molecule has 1 heterocycles. The molecule has 1 aliphatic heterocycles. The molecule has 0 aromatic rings. The van der Waals surface area contributed by atoms with Gasteiger partial charge in [0.05, 0.1) is 12.7 Å². The van der Waals surface area contributed by atoms with Crippen LogP contribution in [0.25, 0.3) is 0 Å². The molecule has 0 aromatic carbocycles. The molecule has 6 rings (SSSR count). The van der Waals surface area contributed by atoms with Crippen LogP contribution in [-0.4, -0.2) is 81.2 Å². The Hall–Kier alpha value is -1.36. The lowest BCUT2D eigenvalue weighted by Crippen LogP contribution is -2.69. The van der Waals surface area contributed by atoms with Crippen molar-refractivity contribution in [3.05, 3.63) is 11.6 Å². The number of Topliss-reactive ketones (excluding diaryl/α,β-unsaturated/α-hetero) is 1. The molecule has 44 heavy (non-hydrogen) atoms. The van der Waals surface area contributed by atoms with E-state index in [9.17, 15) is 35.1 Å². The van der Waals surface area contributed by atoms with E-state index in [4.69, 9.17) is 9.47 Å².